The summed E-state index contributed by atoms with van der Waals surface area (Å²) in [5.74, 6) is 0.676. The topological polar surface area (TPSA) is 26.3 Å². The summed E-state index contributed by atoms with van der Waals surface area (Å²) in [6.45, 7) is 9.52. The van der Waals surface area contributed by atoms with Crippen molar-refractivity contribution in [1.82, 2.24) is 0 Å². The molecule has 0 rings (SSSR count). The summed E-state index contributed by atoms with van der Waals surface area (Å²) in [5.41, 5.74) is 0. The van der Waals surface area contributed by atoms with Crippen LogP contribution in [0.2, 0.25) is 0 Å². The Bertz CT molecular complexity index is 379. The lowest BCUT2D eigenvalue weighted by atomic mass is 9.95. The van der Waals surface area contributed by atoms with Crippen LogP contribution in [0.15, 0.2) is 0 Å². The Morgan fingerprint density at radius 3 is 1.38 bits per heavy atom. The molecule has 0 N–H and O–H groups in total. The summed E-state index contributed by atoms with van der Waals surface area (Å²) in [7, 11) is 0. The maximum Gasteiger partial charge on any atom is 0.308 e. The van der Waals surface area contributed by atoms with Crippen LogP contribution in [-0.2, 0) is 9.53 Å². The molecule has 0 heterocycles. The van der Waals surface area contributed by atoms with E-state index in [2.05, 4.69) is 27.7 Å². The minimum Gasteiger partial charge on any atom is -0.465 e. The van der Waals surface area contributed by atoms with Gasteiger partial charge in [-0.05, 0) is 25.2 Å². The monoisotopic (exact) mass is 452 g/mol. The van der Waals surface area contributed by atoms with Crippen molar-refractivity contribution in [1.29, 1.82) is 0 Å². The van der Waals surface area contributed by atoms with Gasteiger partial charge in [0.15, 0.2) is 0 Å². The highest BCUT2D eigenvalue weighted by Crippen LogP contribution is 2.20. The fourth-order valence-electron chi connectivity index (χ4n) is 4.59. The minimum atomic E-state index is 0.0435. The van der Waals surface area contributed by atoms with E-state index in [4.69, 9.17) is 4.74 Å². The first-order valence-corrected chi connectivity index (χ1v) is 14.8. The summed E-state index contributed by atoms with van der Waals surface area (Å²) in [5, 5.41) is 0. The Hall–Kier alpha value is -0.530. The van der Waals surface area contributed by atoms with E-state index in [1.165, 1.54) is 135 Å². The molecular weight excluding hydrogens is 392 g/mol. The number of rotatable bonds is 25. The fraction of sp³-hybridized carbons (Fsp3) is 0.967. The SMILES string of the molecule is CCCCCCCCCCCC(C)C(=O)OCC(CCCC)CCCCCCCCCC. The van der Waals surface area contributed by atoms with Crippen LogP contribution in [0.3, 0.4) is 0 Å². The van der Waals surface area contributed by atoms with Gasteiger partial charge >= 0.3 is 5.97 Å². The number of esters is 1. The van der Waals surface area contributed by atoms with E-state index in [9.17, 15) is 4.79 Å². The van der Waals surface area contributed by atoms with Crippen LogP contribution in [-0.4, -0.2) is 12.6 Å². The molecule has 0 radical (unpaired) electrons. The molecule has 0 aliphatic heterocycles. The van der Waals surface area contributed by atoms with Crippen molar-refractivity contribution < 1.29 is 9.53 Å². The third-order valence-corrected chi connectivity index (χ3v) is 7.04. The molecule has 0 spiro atoms. The molecule has 0 bridgehead atoms. The van der Waals surface area contributed by atoms with Gasteiger partial charge in [-0.2, -0.15) is 0 Å². The molecule has 0 aromatic rings. The number of carbonyl (C=O) groups is 1. The summed E-state index contributed by atoms with van der Waals surface area (Å²) in [6, 6.07) is 0. The first-order chi connectivity index (χ1) is 15.7. The lowest BCUT2D eigenvalue weighted by Gasteiger charge is -2.18. The zero-order valence-electron chi connectivity index (χ0n) is 22.7. The quantitative estimate of drug-likeness (QED) is 0.102. The van der Waals surface area contributed by atoms with Gasteiger partial charge in [-0.3, -0.25) is 4.79 Å². The first kappa shape index (κ1) is 31.5. The van der Waals surface area contributed by atoms with Gasteiger partial charge in [-0.25, -0.2) is 0 Å². The molecule has 0 aliphatic rings. The predicted octanol–water partition coefficient (Wildman–Crippen LogP) is 10.4. The molecule has 0 saturated carbocycles. The highest BCUT2D eigenvalue weighted by Gasteiger charge is 2.17. The average Bonchev–Trinajstić information content (AvgIpc) is 2.80. The van der Waals surface area contributed by atoms with Crippen LogP contribution in [0.1, 0.15) is 169 Å². The van der Waals surface area contributed by atoms with Crippen molar-refractivity contribution in [2.45, 2.75) is 169 Å². The van der Waals surface area contributed by atoms with E-state index in [1.54, 1.807) is 0 Å². The molecule has 2 unspecified atom stereocenters. The molecule has 0 aromatic carbocycles. The number of hydrogen-bond donors (Lipinski definition) is 0. The Kier molecular flexibility index (Phi) is 24.7. The molecular formula is C30H60O2. The maximum absolute atomic E-state index is 12.5. The van der Waals surface area contributed by atoms with Crippen molar-refractivity contribution in [2.75, 3.05) is 6.61 Å². The van der Waals surface area contributed by atoms with Crippen molar-refractivity contribution >= 4 is 5.97 Å². The van der Waals surface area contributed by atoms with Gasteiger partial charge in [0.1, 0.15) is 0 Å². The lowest BCUT2D eigenvalue weighted by molar-refractivity contribution is -0.149. The third kappa shape index (κ3) is 21.3. The van der Waals surface area contributed by atoms with Gasteiger partial charge in [-0.15, -0.1) is 0 Å². The van der Waals surface area contributed by atoms with E-state index in [0.29, 0.717) is 12.5 Å². The molecule has 0 fully saturated rings. The predicted molar refractivity (Wildman–Crippen MR) is 142 cm³/mol. The molecule has 192 valence electrons. The van der Waals surface area contributed by atoms with Crippen LogP contribution in [0, 0.1) is 11.8 Å². The van der Waals surface area contributed by atoms with Crippen molar-refractivity contribution in [2.24, 2.45) is 11.8 Å². The lowest BCUT2D eigenvalue weighted by Crippen LogP contribution is -2.19. The number of unbranched alkanes of at least 4 members (excludes halogenated alkanes) is 16. The average molecular weight is 453 g/mol. The van der Waals surface area contributed by atoms with Crippen molar-refractivity contribution in [3.05, 3.63) is 0 Å². The molecule has 0 saturated heterocycles. The summed E-state index contributed by atoms with van der Waals surface area (Å²) in [6.07, 6.45) is 28.9. The Morgan fingerprint density at radius 1 is 0.531 bits per heavy atom. The van der Waals surface area contributed by atoms with E-state index < -0.39 is 0 Å². The Labute approximate surface area is 203 Å². The normalized spacial score (nSPS) is 13.2. The van der Waals surface area contributed by atoms with Crippen molar-refractivity contribution in [3.8, 4) is 0 Å². The summed E-state index contributed by atoms with van der Waals surface area (Å²) >= 11 is 0. The molecule has 0 aliphatic carbocycles. The van der Waals surface area contributed by atoms with E-state index in [-0.39, 0.29) is 11.9 Å². The van der Waals surface area contributed by atoms with Gasteiger partial charge in [0.25, 0.3) is 0 Å². The Morgan fingerprint density at radius 2 is 0.906 bits per heavy atom. The largest absolute Gasteiger partial charge is 0.465 e. The van der Waals surface area contributed by atoms with Gasteiger partial charge in [0, 0.05) is 0 Å². The van der Waals surface area contributed by atoms with Crippen LogP contribution in [0.25, 0.3) is 0 Å². The molecule has 2 nitrogen and oxygen atoms in total. The second kappa shape index (κ2) is 25.1. The molecule has 0 aromatic heterocycles. The van der Waals surface area contributed by atoms with E-state index in [0.717, 1.165) is 6.42 Å². The first-order valence-electron chi connectivity index (χ1n) is 14.8. The zero-order chi connectivity index (χ0) is 23.7. The highest BCUT2D eigenvalue weighted by atomic mass is 16.5. The summed E-state index contributed by atoms with van der Waals surface area (Å²) < 4.78 is 5.78. The maximum atomic E-state index is 12.5. The van der Waals surface area contributed by atoms with Crippen LogP contribution >= 0.6 is 0 Å². The summed E-state index contributed by atoms with van der Waals surface area (Å²) in [4.78, 5) is 12.5. The van der Waals surface area contributed by atoms with E-state index in [1.807, 2.05) is 0 Å². The third-order valence-electron chi connectivity index (χ3n) is 7.04. The van der Waals surface area contributed by atoms with E-state index >= 15 is 0 Å². The van der Waals surface area contributed by atoms with Crippen LogP contribution in [0.5, 0.6) is 0 Å². The Balaban J connectivity index is 3.84. The number of carbonyl (C=O) groups excluding carboxylic acids is 1. The standard InChI is InChI=1S/C30H60O2/c1-5-8-11-13-15-17-18-20-22-24-28(4)30(31)32-27-29(25-10-7-3)26-23-21-19-16-14-12-9-6-2/h28-29H,5-27H2,1-4H3. The van der Waals surface area contributed by atoms with Gasteiger partial charge in [0.2, 0.25) is 0 Å². The molecule has 32 heavy (non-hydrogen) atoms. The number of ether oxygens (including phenoxy) is 1. The molecule has 0 amide bonds. The zero-order valence-corrected chi connectivity index (χ0v) is 22.7. The molecule has 2 heteroatoms. The number of hydrogen-bond acceptors (Lipinski definition) is 2. The van der Waals surface area contributed by atoms with Gasteiger partial charge in [-0.1, -0.05) is 150 Å². The van der Waals surface area contributed by atoms with Crippen LogP contribution < -0.4 is 0 Å². The van der Waals surface area contributed by atoms with Gasteiger partial charge < -0.3 is 4.74 Å². The second-order valence-corrected chi connectivity index (χ2v) is 10.4. The highest BCUT2D eigenvalue weighted by molar-refractivity contribution is 5.71. The smallest absolute Gasteiger partial charge is 0.308 e. The minimum absolute atomic E-state index is 0.0435. The van der Waals surface area contributed by atoms with Gasteiger partial charge in [0.05, 0.1) is 12.5 Å². The second-order valence-electron chi connectivity index (χ2n) is 10.4. The van der Waals surface area contributed by atoms with Crippen molar-refractivity contribution in [3.63, 3.8) is 0 Å². The fourth-order valence-corrected chi connectivity index (χ4v) is 4.59. The van der Waals surface area contributed by atoms with Crippen LogP contribution in [0.4, 0.5) is 0 Å². The molecule has 2 atom stereocenters.